The summed E-state index contributed by atoms with van der Waals surface area (Å²) in [5.74, 6) is -5.47. The molecule has 0 saturated carbocycles. The van der Waals surface area contributed by atoms with Crippen LogP contribution in [0.1, 0.15) is 125 Å². The molecule has 0 aliphatic carbocycles. The molecule has 3 atom stereocenters. The van der Waals surface area contributed by atoms with Crippen LogP contribution in [0.3, 0.4) is 0 Å². The summed E-state index contributed by atoms with van der Waals surface area (Å²) in [7, 11) is 0. The molecule has 2 aromatic heterocycles. The molecule has 0 radical (unpaired) electrons. The Kier molecular flexibility index (Phi) is 31.2. The van der Waals surface area contributed by atoms with Gasteiger partial charge in [0.25, 0.3) is 11.8 Å². The lowest BCUT2D eigenvalue weighted by atomic mass is 10.0. The minimum Gasteiger partial charge on any atom is -0.445 e. The van der Waals surface area contributed by atoms with Crippen molar-refractivity contribution in [2.75, 3.05) is 63.1 Å². The fourth-order valence-electron chi connectivity index (χ4n) is 10.7. The first-order valence-corrected chi connectivity index (χ1v) is 34.6. The average molecular weight is 1460 g/mol. The van der Waals surface area contributed by atoms with Gasteiger partial charge in [-0.05, 0) is 116 Å². The number of anilines is 2. The number of alkyl carbamates (subject to hydrolysis) is 2. The van der Waals surface area contributed by atoms with E-state index in [4.69, 9.17) is 34.6 Å². The van der Waals surface area contributed by atoms with Gasteiger partial charge in [0.05, 0.1) is 42.9 Å². The van der Waals surface area contributed by atoms with Gasteiger partial charge in [0.15, 0.2) is 5.82 Å². The molecule has 33 heteroatoms. The SMILES string of the molecule is CCOCc1nc2c(NC(=O)CNC(=O)[C@H](Cc3ccccc3)NC(=O)CNC(=O)CNC(=O)OC(C)(C)C)nc3ccccc3c2n1CC(C)(C)OCCNC(=O)C(C)(C)NC(=O)OCc1ccc(NC(=O)[C@H](CCCNC(N)=O)NC(=O)[C@@H](NC(=O)CCCCCN2C(=O)C=CC2=O)C(C)C)cc1. The Morgan fingerprint density at radius 2 is 1.29 bits per heavy atom. The minimum absolute atomic E-state index is 0.0283. The van der Waals surface area contributed by atoms with E-state index in [1.165, 1.54) is 26.0 Å². The van der Waals surface area contributed by atoms with Crippen molar-refractivity contribution < 1.29 is 81.3 Å². The number of urea groups is 1. The highest BCUT2D eigenvalue weighted by Gasteiger charge is 2.33. The molecule has 33 nitrogen and oxygen atoms in total. The number of carbonyl (C=O) groups excluding carboxylic acids is 13. The van der Waals surface area contributed by atoms with E-state index in [0.717, 1.165) is 4.90 Å². The van der Waals surface area contributed by atoms with Crippen molar-refractivity contribution in [2.24, 2.45) is 11.7 Å². The molecule has 1 aliphatic heterocycles. The molecule has 568 valence electrons. The van der Waals surface area contributed by atoms with Crippen LogP contribution in [0.5, 0.6) is 0 Å². The molecular formula is C72H98N16O17. The molecule has 0 bridgehead atoms. The number of carbonyl (C=O) groups is 13. The monoisotopic (exact) mass is 1460 g/mol. The number of nitrogens with zero attached hydrogens (tertiary/aromatic N) is 4. The van der Waals surface area contributed by atoms with Gasteiger partial charge in [0.2, 0.25) is 47.3 Å². The Labute approximate surface area is 608 Å². The van der Waals surface area contributed by atoms with E-state index < -0.39 is 120 Å². The minimum atomic E-state index is -1.46. The second-order valence-electron chi connectivity index (χ2n) is 27.3. The maximum atomic E-state index is 13.8. The van der Waals surface area contributed by atoms with Crippen LogP contribution in [0.15, 0.2) is 91.0 Å². The van der Waals surface area contributed by atoms with Crippen molar-refractivity contribution >= 4 is 111 Å². The van der Waals surface area contributed by atoms with Crippen LogP contribution in [-0.4, -0.2) is 184 Å². The van der Waals surface area contributed by atoms with Crippen LogP contribution < -0.4 is 64.2 Å². The molecular weight excluding hydrogens is 1360 g/mol. The van der Waals surface area contributed by atoms with Crippen LogP contribution in [0.25, 0.3) is 21.9 Å². The smallest absolute Gasteiger partial charge is 0.408 e. The van der Waals surface area contributed by atoms with Gasteiger partial charge in [-0.15, -0.1) is 0 Å². The number of imide groups is 1. The number of nitrogens with one attached hydrogen (secondary N) is 11. The summed E-state index contributed by atoms with van der Waals surface area (Å²) in [6.45, 7) is 16.3. The topological polar surface area (TPSA) is 451 Å². The number of para-hydroxylation sites is 1. The highest BCUT2D eigenvalue weighted by Crippen LogP contribution is 2.32. The van der Waals surface area contributed by atoms with Crippen molar-refractivity contribution in [3.8, 4) is 0 Å². The summed E-state index contributed by atoms with van der Waals surface area (Å²) < 4.78 is 24.8. The molecule has 0 unspecified atom stereocenters. The van der Waals surface area contributed by atoms with Gasteiger partial charge in [-0.2, -0.15) is 0 Å². The maximum Gasteiger partial charge on any atom is 0.408 e. The molecule has 13 N–H and O–H groups in total. The summed E-state index contributed by atoms with van der Waals surface area (Å²) in [6, 6.07) is 18.4. The Hall–Kier alpha value is -11.1. The first kappa shape index (κ1) is 82.9. The number of hydrogen-bond acceptors (Lipinski definition) is 19. The van der Waals surface area contributed by atoms with E-state index in [1.54, 1.807) is 101 Å². The molecule has 3 aromatic carbocycles. The van der Waals surface area contributed by atoms with Gasteiger partial charge in [0.1, 0.15) is 60.4 Å². The lowest BCUT2D eigenvalue weighted by Gasteiger charge is -2.28. The summed E-state index contributed by atoms with van der Waals surface area (Å²) in [6.07, 6.45) is 2.64. The van der Waals surface area contributed by atoms with Crippen molar-refractivity contribution in [1.82, 2.24) is 67.3 Å². The van der Waals surface area contributed by atoms with Crippen LogP contribution >= 0.6 is 0 Å². The molecule has 14 amide bonds. The summed E-state index contributed by atoms with van der Waals surface area (Å²) >= 11 is 0. The lowest BCUT2D eigenvalue weighted by molar-refractivity contribution is -0.137. The number of aromatic nitrogens is 3. The number of unbranched alkanes of at least 4 members (excludes halogenated alkanes) is 2. The number of pyridine rings is 1. The van der Waals surface area contributed by atoms with Crippen molar-refractivity contribution in [2.45, 2.75) is 169 Å². The van der Waals surface area contributed by atoms with E-state index in [0.29, 0.717) is 70.4 Å². The average Bonchev–Trinajstić information content (AvgIpc) is 1.62. The fourth-order valence-corrected chi connectivity index (χ4v) is 10.7. The van der Waals surface area contributed by atoms with Gasteiger partial charge < -0.3 is 87.7 Å². The van der Waals surface area contributed by atoms with E-state index in [-0.39, 0.29) is 95.2 Å². The normalized spacial score (nSPS) is 13.1. The maximum absolute atomic E-state index is 13.8. The molecule has 0 spiro atoms. The van der Waals surface area contributed by atoms with Gasteiger partial charge in [0, 0.05) is 62.3 Å². The van der Waals surface area contributed by atoms with E-state index in [1.807, 2.05) is 37.5 Å². The highest BCUT2D eigenvalue weighted by atomic mass is 16.6. The van der Waals surface area contributed by atoms with Crippen LogP contribution in [-0.2, 0) is 93.1 Å². The van der Waals surface area contributed by atoms with Crippen molar-refractivity contribution in [1.29, 1.82) is 0 Å². The van der Waals surface area contributed by atoms with Gasteiger partial charge in [-0.3, -0.25) is 52.8 Å². The predicted octanol–water partition coefficient (Wildman–Crippen LogP) is 3.66. The third-order valence-electron chi connectivity index (χ3n) is 16.0. The molecule has 0 fully saturated rings. The number of benzene rings is 3. The molecule has 1 aliphatic rings. The Balaban J connectivity index is 0.995. The Bertz CT molecular complexity index is 3930. The van der Waals surface area contributed by atoms with Crippen molar-refractivity contribution in [3.05, 3.63) is 108 Å². The molecule has 3 heterocycles. The molecule has 105 heavy (non-hydrogen) atoms. The number of rotatable bonds is 40. The first-order valence-electron chi connectivity index (χ1n) is 34.6. The number of ether oxygens (including phenoxy) is 4. The Morgan fingerprint density at radius 3 is 1.96 bits per heavy atom. The fraction of sp³-hybridized carbons (Fsp3) is 0.486. The molecule has 6 rings (SSSR count). The van der Waals surface area contributed by atoms with Gasteiger partial charge in [-0.1, -0.05) is 80.9 Å². The summed E-state index contributed by atoms with van der Waals surface area (Å²) in [5, 5.41) is 29.5. The zero-order chi connectivity index (χ0) is 77.0. The van der Waals surface area contributed by atoms with E-state index >= 15 is 0 Å². The van der Waals surface area contributed by atoms with Crippen molar-refractivity contribution in [3.63, 3.8) is 0 Å². The van der Waals surface area contributed by atoms with E-state index in [2.05, 4.69) is 58.5 Å². The zero-order valence-electron chi connectivity index (χ0n) is 61.0. The number of imidazole rings is 1. The summed E-state index contributed by atoms with van der Waals surface area (Å²) in [4.78, 5) is 178. The highest BCUT2D eigenvalue weighted by molar-refractivity contribution is 6.13. The zero-order valence-corrected chi connectivity index (χ0v) is 61.0. The molecule has 0 saturated heterocycles. The molecule has 5 aromatic rings. The number of primary amides is 1. The second-order valence-corrected chi connectivity index (χ2v) is 27.3. The lowest BCUT2D eigenvalue weighted by Crippen LogP contribution is -2.55. The van der Waals surface area contributed by atoms with Gasteiger partial charge >= 0.3 is 18.2 Å². The third-order valence-corrected chi connectivity index (χ3v) is 16.0. The summed E-state index contributed by atoms with van der Waals surface area (Å²) in [5.41, 5.74) is 5.00. The van der Waals surface area contributed by atoms with Crippen LogP contribution in [0.4, 0.5) is 25.9 Å². The predicted molar refractivity (Wildman–Crippen MR) is 387 cm³/mol. The first-order chi connectivity index (χ1) is 49.7. The third kappa shape index (κ3) is 27.6. The second kappa shape index (κ2) is 39.5. The number of fused-ring (bicyclic) bond motifs is 3. The van der Waals surface area contributed by atoms with E-state index in [9.17, 15) is 62.3 Å². The van der Waals surface area contributed by atoms with Gasteiger partial charge in [-0.25, -0.2) is 24.4 Å². The number of nitrogens with two attached hydrogens (primary N) is 1. The standard InChI is InChI=1S/C72H98N16O17/c1-11-102-42-52-83-60-61(48-23-17-18-24-49(48)81-62(60)85-56(92)40-77-63(95)51(37-45-21-14-12-15-22-45)80-55(91)39-76-54(90)38-78-68(100)105-70(4,5)6)88(52)43-71(7,8)104-36-34-74-66(98)72(9,10)86-69(101)103-41-46-27-29-47(30-28-46)79-64(96)50(25-20-33-75-67(73)99)82-65(97)59(44(2)3)84-53(89)26-16-13-19-35-87-57(93)31-32-58(87)94/h12,14-15,17-18,21-24,27-32,44,50-51,59H,11,13,16,19-20,25-26,33-43H2,1-10H3,(H,74,98)(H,76,90)(H,77,95)(H,78,100)(H,79,96)(H,80,91)(H,82,97)(H,84,89)(H,86,101)(H3,73,75,99)(H,81,85,92)/t50-,51-,59-/m0/s1. The largest absolute Gasteiger partial charge is 0.445 e. The number of amides is 14. The number of hydrogen-bond donors (Lipinski definition) is 12. The Morgan fingerprint density at radius 1 is 0.610 bits per heavy atom. The van der Waals surface area contributed by atoms with Crippen LogP contribution in [0.2, 0.25) is 0 Å². The van der Waals surface area contributed by atoms with Crippen LogP contribution in [0, 0.1) is 5.92 Å². The quantitative estimate of drug-likeness (QED) is 0.0197.